The van der Waals surface area contributed by atoms with Gasteiger partial charge in [0.15, 0.2) is 0 Å². The maximum Gasteiger partial charge on any atom is 0.145 e. The molecule has 3 nitrogen and oxygen atoms in total. The zero-order chi connectivity index (χ0) is 17.5. The normalized spacial score (nSPS) is 11.3. The summed E-state index contributed by atoms with van der Waals surface area (Å²) in [6, 6.07) is 29.0. The van der Waals surface area contributed by atoms with Gasteiger partial charge < -0.3 is 0 Å². The van der Waals surface area contributed by atoms with Crippen LogP contribution in [0.1, 0.15) is 5.69 Å². The number of aryl methyl sites for hydroxylation is 1. The van der Waals surface area contributed by atoms with E-state index in [1.54, 1.807) is 0 Å². The molecule has 2 heterocycles. The summed E-state index contributed by atoms with van der Waals surface area (Å²) in [6.07, 6.45) is 0. The van der Waals surface area contributed by atoms with Crippen molar-refractivity contribution < 1.29 is 0 Å². The number of benzene rings is 3. The molecule has 5 aromatic rings. The Kier molecular flexibility index (Phi) is 3.32. The van der Waals surface area contributed by atoms with Crippen molar-refractivity contribution in [1.29, 1.82) is 0 Å². The van der Waals surface area contributed by atoms with Gasteiger partial charge in [0.05, 0.1) is 16.7 Å². The molecule has 0 spiro atoms. The minimum atomic E-state index is 0.938. The van der Waals surface area contributed by atoms with Crippen molar-refractivity contribution in [3.05, 3.63) is 90.6 Å². The molecule has 124 valence electrons. The molecule has 0 saturated carbocycles. The summed E-state index contributed by atoms with van der Waals surface area (Å²) in [4.78, 5) is 9.78. The smallest absolute Gasteiger partial charge is 0.145 e. The second-order valence-electron chi connectivity index (χ2n) is 6.38. The van der Waals surface area contributed by atoms with E-state index in [0.29, 0.717) is 0 Å². The Hall–Kier alpha value is -3.46. The number of fused-ring (bicyclic) bond motifs is 3. The minimum Gasteiger partial charge on any atom is -0.292 e. The van der Waals surface area contributed by atoms with Gasteiger partial charge in [-0.1, -0.05) is 66.7 Å². The topological polar surface area (TPSA) is 30.7 Å². The van der Waals surface area contributed by atoms with Crippen LogP contribution in [-0.4, -0.2) is 14.5 Å². The Balaban J connectivity index is 2.00. The summed E-state index contributed by atoms with van der Waals surface area (Å²) in [5.41, 5.74) is 6.20. The van der Waals surface area contributed by atoms with Gasteiger partial charge in [0.2, 0.25) is 0 Å². The molecule has 0 aliphatic carbocycles. The zero-order valence-corrected chi connectivity index (χ0v) is 14.4. The third kappa shape index (κ3) is 2.21. The Morgan fingerprint density at radius 3 is 2.12 bits per heavy atom. The summed E-state index contributed by atoms with van der Waals surface area (Å²) in [5.74, 6) is 0.938. The van der Waals surface area contributed by atoms with Crippen molar-refractivity contribution in [3.63, 3.8) is 0 Å². The highest BCUT2D eigenvalue weighted by molar-refractivity contribution is 6.05. The molecule has 0 aliphatic rings. The molecule has 0 N–H and O–H groups in total. The molecule has 0 bridgehead atoms. The first-order valence-corrected chi connectivity index (χ1v) is 8.71. The molecular formula is C23H17N3. The SMILES string of the molecule is Cc1nc2ccccc2c2c1nc(-c1ccccc1)n2-c1ccccc1. The maximum absolute atomic E-state index is 5.01. The van der Waals surface area contributed by atoms with Crippen LogP contribution < -0.4 is 0 Å². The standard InChI is InChI=1S/C23H17N3/c1-16-21-22(19-14-8-9-15-20(19)24-16)26(18-12-6-3-7-13-18)23(25-21)17-10-4-2-5-11-17/h2-15H,1H3. The van der Waals surface area contributed by atoms with Crippen LogP contribution in [0.25, 0.3) is 39.0 Å². The predicted molar refractivity (Wildman–Crippen MR) is 107 cm³/mol. The van der Waals surface area contributed by atoms with Crippen molar-refractivity contribution in [1.82, 2.24) is 14.5 Å². The Morgan fingerprint density at radius 2 is 1.35 bits per heavy atom. The van der Waals surface area contributed by atoms with Crippen molar-refractivity contribution in [2.24, 2.45) is 0 Å². The van der Waals surface area contributed by atoms with Crippen molar-refractivity contribution in [2.75, 3.05) is 0 Å². The molecule has 0 unspecified atom stereocenters. The van der Waals surface area contributed by atoms with Crippen LogP contribution >= 0.6 is 0 Å². The molecule has 0 atom stereocenters. The predicted octanol–water partition coefficient (Wildman–Crippen LogP) is 5.55. The molecule has 2 aromatic heterocycles. The van der Waals surface area contributed by atoms with E-state index in [4.69, 9.17) is 9.97 Å². The Bertz CT molecular complexity index is 1220. The van der Waals surface area contributed by atoms with Crippen LogP contribution in [0.15, 0.2) is 84.9 Å². The molecule has 0 saturated heterocycles. The average Bonchev–Trinajstić information content (AvgIpc) is 3.11. The van der Waals surface area contributed by atoms with Gasteiger partial charge in [-0.25, -0.2) is 4.98 Å². The highest BCUT2D eigenvalue weighted by atomic mass is 15.1. The number of aromatic nitrogens is 3. The fraction of sp³-hybridized carbons (Fsp3) is 0.0435. The molecule has 3 aromatic carbocycles. The third-order valence-corrected chi connectivity index (χ3v) is 4.71. The van der Waals surface area contributed by atoms with Gasteiger partial charge in [-0.05, 0) is 25.1 Å². The van der Waals surface area contributed by atoms with Gasteiger partial charge in [-0.15, -0.1) is 0 Å². The monoisotopic (exact) mass is 335 g/mol. The molecule has 26 heavy (non-hydrogen) atoms. The van der Waals surface area contributed by atoms with Gasteiger partial charge in [0, 0.05) is 16.6 Å². The largest absolute Gasteiger partial charge is 0.292 e. The highest BCUT2D eigenvalue weighted by Crippen LogP contribution is 2.33. The van der Waals surface area contributed by atoms with Gasteiger partial charge >= 0.3 is 0 Å². The number of pyridine rings is 1. The Morgan fingerprint density at radius 1 is 0.692 bits per heavy atom. The van der Waals surface area contributed by atoms with E-state index in [0.717, 1.165) is 44.7 Å². The lowest BCUT2D eigenvalue weighted by molar-refractivity contribution is 1.11. The summed E-state index contributed by atoms with van der Waals surface area (Å²) in [6.45, 7) is 2.03. The number of hydrogen-bond acceptors (Lipinski definition) is 2. The highest BCUT2D eigenvalue weighted by Gasteiger charge is 2.18. The molecule has 3 heteroatoms. The minimum absolute atomic E-state index is 0.938. The molecular weight excluding hydrogens is 318 g/mol. The van der Waals surface area contributed by atoms with E-state index in [-0.39, 0.29) is 0 Å². The van der Waals surface area contributed by atoms with E-state index in [1.165, 1.54) is 0 Å². The quantitative estimate of drug-likeness (QED) is 0.423. The van der Waals surface area contributed by atoms with E-state index in [2.05, 4.69) is 59.2 Å². The average molecular weight is 335 g/mol. The van der Waals surface area contributed by atoms with Gasteiger partial charge in [-0.3, -0.25) is 9.55 Å². The first-order chi connectivity index (χ1) is 12.8. The lowest BCUT2D eigenvalue weighted by atomic mass is 10.1. The third-order valence-electron chi connectivity index (χ3n) is 4.71. The lowest BCUT2D eigenvalue weighted by Gasteiger charge is -2.11. The second kappa shape index (κ2) is 5.81. The van der Waals surface area contributed by atoms with Crippen molar-refractivity contribution >= 4 is 21.9 Å². The number of rotatable bonds is 2. The first-order valence-electron chi connectivity index (χ1n) is 8.71. The van der Waals surface area contributed by atoms with Crippen LogP contribution in [0.4, 0.5) is 0 Å². The molecule has 0 amide bonds. The fourth-order valence-electron chi connectivity index (χ4n) is 3.54. The van der Waals surface area contributed by atoms with Gasteiger partial charge in [0.25, 0.3) is 0 Å². The molecule has 0 fully saturated rings. The maximum atomic E-state index is 5.01. The van der Waals surface area contributed by atoms with E-state index in [1.807, 2.05) is 37.3 Å². The molecule has 0 aliphatic heterocycles. The number of imidazole rings is 1. The van der Waals surface area contributed by atoms with E-state index in [9.17, 15) is 0 Å². The Labute approximate surface area is 151 Å². The number of para-hydroxylation sites is 2. The van der Waals surface area contributed by atoms with Crippen LogP contribution in [0.5, 0.6) is 0 Å². The van der Waals surface area contributed by atoms with Crippen LogP contribution in [-0.2, 0) is 0 Å². The molecule has 5 rings (SSSR count). The second-order valence-corrected chi connectivity index (χ2v) is 6.38. The van der Waals surface area contributed by atoms with Crippen LogP contribution in [0.2, 0.25) is 0 Å². The van der Waals surface area contributed by atoms with Crippen molar-refractivity contribution in [2.45, 2.75) is 6.92 Å². The van der Waals surface area contributed by atoms with Crippen LogP contribution in [0.3, 0.4) is 0 Å². The lowest BCUT2D eigenvalue weighted by Crippen LogP contribution is -1.98. The van der Waals surface area contributed by atoms with Crippen LogP contribution in [0, 0.1) is 6.92 Å². The van der Waals surface area contributed by atoms with Gasteiger partial charge in [0.1, 0.15) is 11.3 Å². The van der Waals surface area contributed by atoms with Gasteiger partial charge in [-0.2, -0.15) is 0 Å². The van der Waals surface area contributed by atoms with E-state index < -0.39 is 0 Å². The first kappa shape index (κ1) is 14.8. The zero-order valence-electron chi connectivity index (χ0n) is 14.4. The van der Waals surface area contributed by atoms with Crippen molar-refractivity contribution in [3.8, 4) is 17.1 Å². The summed E-state index contributed by atoms with van der Waals surface area (Å²) >= 11 is 0. The summed E-state index contributed by atoms with van der Waals surface area (Å²) in [7, 11) is 0. The number of hydrogen-bond donors (Lipinski definition) is 0. The summed E-state index contributed by atoms with van der Waals surface area (Å²) in [5, 5.41) is 1.12. The molecule has 0 radical (unpaired) electrons. The number of nitrogens with zero attached hydrogens (tertiary/aromatic N) is 3. The fourth-order valence-corrected chi connectivity index (χ4v) is 3.54. The van der Waals surface area contributed by atoms with E-state index >= 15 is 0 Å². The summed E-state index contributed by atoms with van der Waals surface area (Å²) < 4.78 is 2.25.